The summed E-state index contributed by atoms with van der Waals surface area (Å²) in [5, 5.41) is 7.91. The Bertz CT molecular complexity index is 574. The zero-order valence-electron chi connectivity index (χ0n) is 16.1. The zero-order valence-corrected chi connectivity index (χ0v) is 16.1. The highest BCUT2D eigenvalue weighted by Crippen LogP contribution is 2.26. The van der Waals surface area contributed by atoms with E-state index in [4.69, 9.17) is 0 Å². The van der Waals surface area contributed by atoms with Gasteiger partial charge in [0, 0.05) is 78.1 Å². The highest BCUT2D eigenvalue weighted by atomic mass is 15.3. The Kier molecular flexibility index (Phi) is 5.96. The van der Waals surface area contributed by atoms with Crippen molar-refractivity contribution in [3.8, 4) is 0 Å². The Morgan fingerprint density at radius 3 is 2.68 bits per heavy atom. The first-order chi connectivity index (χ1) is 12.1. The van der Waals surface area contributed by atoms with Crippen LogP contribution in [0.5, 0.6) is 0 Å². The predicted octanol–water partition coefficient (Wildman–Crippen LogP) is 0.421. The first-order valence-electron chi connectivity index (χ1n) is 9.43. The van der Waals surface area contributed by atoms with Crippen LogP contribution in [-0.2, 0) is 7.05 Å². The van der Waals surface area contributed by atoms with Crippen molar-refractivity contribution in [3.63, 3.8) is 0 Å². The first-order valence-corrected chi connectivity index (χ1v) is 9.43. The van der Waals surface area contributed by atoms with Crippen molar-refractivity contribution in [3.05, 3.63) is 18.0 Å². The average molecular weight is 348 g/mol. The summed E-state index contributed by atoms with van der Waals surface area (Å²) >= 11 is 0. The lowest BCUT2D eigenvalue weighted by Gasteiger charge is -2.37. The van der Waals surface area contributed by atoms with E-state index >= 15 is 0 Å². The van der Waals surface area contributed by atoms with Crippen molar-refractivity contribution in [1.29, 1.82) is 0 Å². The van der Waals surface area contributed by atoms with Crippen molar-refractivity contribution in [2.45, 2.75) is 25.3 Å². The molecule has 2 aliphatic heterocycles. The van der Waals surface area contributed by atoms with Crippen molar-refractivity contribution in [2.24, 2.45) is 12.0 Å². The fourth-order valence-electron chi connectivity index (χ4n) is 3.84. The van der Waals surface area contributed by atoms with E-state index in [9.17, 15) is 0 Å². The molecule has 1 N–H and O–H groups in total. The quantitative estimate of drug-likeness (QED) is 0.632. The van der Waals surface area contributed by atoms with Gasteiger partial charge in [-0.05, 0) is 26.0 Å². The molecule has 140 valence electrons. The van der Waals surface area contributed by atoms with Gasteiger partial charge in [-0.15, -0.1) is 0 Å². The van der Waals surface area contributed by atoms with Gasteiger partial charge in [-0.1, -0.05) is 0 Å². The van der Waals surface area contributed by atoms with E-state index in [2.05, 4.69) is 50.3 Å². The third-order valence-corrected chi connectivity index (χ3v) is 5.61. The third-order valence-electron chi connectivity index (χ3n) is 5.61. The molecule has 0 aliphatic carbocycles. The molecule has 2 saturated heterocycles. The normalized spacial score (nSPS) is 24.7. The van der Waals surface area contributed by atoms with Crippen LogP contribution in [0.25, 0.3) is 0 Å². The summed E-state index contributed by atoms with van der Waals surface area (Å²) in [4.78, 5) is 11.9. The van der Waals surface area contributed by atoms with Crippen molar-refractivity contribution in [2.75, 3.05) is 59.9 Å². The standard InChI is InChI=1S/C18H33N7/c1-15(24-9-7-22(3)8-10-24)11-20-18(19-2)25-6-5-16(14-25)17-12-21-23(4)13-17/h12-13,15-16H,5-11,14H2,1-4H3,(H,19,20). The maximum Gasteiger partial charge on any atom is 0.193 e. The molecule has 0 radical (unpaired) electrons. The van der Waals surface area contributed by atoms with Crippen molar-refractivity contribution >= 4 is 5.96 Å². The maximum atomic E-state index is 4.52. The molecule has 3 rings (SSSR count). The highest BCUT2D eigenvalue weighted by molar-refractivity contribution is 5.80. The SMILES string of the molecule is CN=C(NCC(C)N1CCN(C)CC1)N1CCC(c2cnn(C)c2)C1. The summed E-state index contributed by atoms with van der Waals surface area (Å²) in [5.41, 5.74) is 1.34. The van der Waals surface area contributed by atoms with Crippen LogP contribution in [0.1, 0.15) is 24.8 Å². The van der Waals surface area contributed by atoms with Gasteiger partial charge in [0.2, 0.25) is 0 Å². The number of likely N-dealkylation sites (N-methyl/N-ethyl adjacent to an activating group) is 1. The van der Waals surface area contributed by atoms with Gasteiger partial charge in [-0.2, -0.15) is 5.10 Å². The number of nitrogens with zero attached hydrogens (tertiary/aromatic N) is 6. The van der Waals surface area contributed by atoms with Gasteiger partial charge in [0.15, 0.2) is 5.96 Å². The lowest BCUT2D eigenvalue weighted by molar-refractivity contribution is 0.119. The number of rotatable bonds is 4. The summed E-state index contributed by atoms with van der Waals surface area (Å²) in [6, 6.07) is 0.530. The predicted molar refractivity (Wildman–Crippen MR) is 102 cm³/mol. The Morgan fingerprint density at radius 2 is 2.04 bits per heavy atom. The van der Waals surface area contributed by atoms with Gasteiger partial charge in [-0.25, -0.2) is 0 Å². The van der Waals surface area contributed by atoms with Crippen molar-refractivity contribution < 1.29 is 0 Å². The van der Waals surface area contributed by atoms with E-state index in [1.807, 2.05) is 25.0 Å². The van der Waals surface area contributed by atoms with Gasteiger partial charge in [0.05, 0.1) is 6.20 Å². The summed E-state index contributed by atoms with van der Waals surface area (Å²) < 4.78 is 1.89. The molecular weight excluding hydrogens is 314 g/mol. The van der Waals surface area contributed by atoms with Gasteiger partial charge in [-0.3, -0.25) is 14.6 Å². The summed E-state index contributed by atoms with van der Waals surface area (Å²) in [6.07, 6.45) is 5.31. The molecule has 2 aliphatic rings. The Labute approximate surface area is 151 Å². The van der Waals surface area contributed by atoms with Crippen LogP contribution in [0.3, 0.4) is 0 Å². The van der Waals surface area contributed by atoms with E-state index in [0.717, 1.165) is 51.8 Å². The molecule has 3 heterocycles. The minimum Gasteiger partial charge on any atom is -0.355 e. The number of hydrogen-bond donors (Lipinski definition) is 1. The third kappa shape index (κ3) is 4.52. The van der Waals surface area contributed by atoms with E-state index in [-0.39, 0.29) is 0 Å². The summed E-state index contributed by atoms with van der Waals surface area (Å²) in [7, 11) is 6.07. The Hall–Kier alpha value is -1.60. The molecule has 25 heavy (non-hydrogen) atoms. The number of aryl methyl sites for hydroxylation is 1. The number of piperazine rings is 1. The minimum absolute atomic E-state index is 0.530. The van der Waals surface area contributed by atoms with E-state index < -0.39 is 0 Å². The second-order valence-corrected chi connectivity index (χ2v) is 7.50. The number of likely N-dealkylation sites (tertiary alicyclic amines) is 1. The largest absolute Gasteiger partial charge is 0.355 e. The number of nitrogens with one attached hydrogen (secondary N) is 1. The van der Waals surface area contributed by atoms with E-state index in [1.165, 1.54) is 12.0 Å². The number of hydrogen-bond acceptors (Lipinski definition) is 4. The molecule has 0 bridgehead atoms. The van der Waals surface area contributed by atoms with Gasteiger partial charge < -0.3 is 15.1 Å². The average Bonchev–Trinajstić information content (AvgIpc) is 3.25. The monoisotopic (exact) mass is 347 g/mol. The molecule has 7 nitrogen and oxygen atoms in total. The highest BCUT2D eigenvalue weighted by Gasteiger charge is 2.27. The van der Waals surface area contributed by atoms with Crippen LogP contribution in [0.15, 0.2) is 17.4 Å². The van der Waals surface area contributed by atoms with Crippen LogP contribution in [0.4, 0.5) is 0 Å². The molecule has 1 aromatic rings. The number of guanidine groups is 1. The van der Waals surface area contributed by atoms with Crippen LogP contribution in [-0.4, -0.2) is 96.4 Å². The van der Waals surface area contributed by atoms with E-state index in [0.29, 0.717) is 12.0 Å². The molecule has 2 unspecified atom stereocenters. The molecule has 0 saturated carbocycles. The van der Waals surface area contributed by atoms with Crippen LogP contribution < -0.4 is 5.32 Å². The maximum absolute atomic E-state index is 4.52. The molecular formula is C18H33N7. The number of aliphatic imine (C=N–C) groups is 1. The van der Waals surface area contributed by atoms with Crippen molar-refractivity contribution in [1.82, 2.24) is 29.8 Å². The smallest absolute Gasteiger partial charge is 0.193 e. The Balaban J connectivity index is 1.48. The topological polar surface area (TPSA) is 51.9 Å². The van der Waals surface area contributed by atoms with Crippen LogP contribution in [0.2, 0.25) is 0 Å². The molecule has 0 aromatic carbocycles. The van der Waals surface area contributed by atoms with E-state index in [1.54, 1.807) is 0 Å². The zero-order chi connectivity index (χ0) is 17.8. The van der Waals surface area contributed by atoms with Crippen LogP contribution in [0, 0.1) is 0 Å². The number of aromatic nitrogens is 2. The lowest BCUT2D eigenvalue weighted by atomic mass is 10.0. The molecule has 2 atom stereocenters. The molecule has 1 aromatic heterocycles. The summed E-state index contributed by atoms with van der Waals surface area (Å²) in [5.74, 6) is 1.59. The molecule has 0 spiro atoms. The lowest BCUT2D eigenvalue weighted by Crippen LogP contribution is -2.52. The van der Waals surface area contributed by atoms with Gasteiger partial charge in [0.1, 0.15) is 0 Å². The second-order valence-electron chi connectivity index (χ2n) is 7.50. The molecule has 2 fully saturated rings. The second kappa shape index (κ2) is 8.19. The molecule has 7 heteroatoms. The Morgan fingerprint density at radius 1 is 1.28 bits per heavy atom. The van der Waals surface area contributed by atoms with Crippen LogP contribution >= 0.6 is 0 Å². The molecule has 0 amide bonds. The minimum atomic E-state index is 0.530. The fourth-order valence-corrected chi connectivity index (χ4v) is 3.84. The van der Waals surface area contributed by atoms with Gasteiger partial charge in [0.25, 0.3) is 0 Å². The first kappa shape index (κ1) is 18.2. The van der Waals surface area contributed by atoms with Gasteiger partial charge >= 0.3 is 0 Å². The fraction of sp³-hybridized carbons (Fsp3) is 0.778. The summed E-state index contributed by atoms with van der Waals surface area (Å²) in [6.45, 7) is 9.99.